The number of carbonyl (C=O) groups excluding carboxylic acids is 1. The van der Waals surface area contributed by atoms with E-state index in [2.05, 4.69) is 5.10 Å². The van der Waals surface area contributed by atoms with E-state index in [-0.39, 0.29) is 11.5 Å². The topological polar surface area (TPSA) is 60.1 Å². The van der Waals surface area contributed by atoms with Crippen LogP contribution in [0.15, 0.2) is 17.1 Å². The molecule has 22 heavy (non-hydrogen) atoms. The average Bonchev–Trinajstić information content (AvgIpc) is 2.82. The number of aryl methyl sites for hydroxylation is 2. The zero-order valence-electron chi connectivity index (χ0n) is 13.4. The lowest BCUT2D eigenvalue weighted by Crippen LogP contribution is -2.41. The van der Waals surface area contributed by atoms with Crippen LogP contribution in [0.1, 0.15) is 37.9 Å². The first-order chi connectivity index (χ1) is 10.5. The minimum Gasteiger partial charge on any atom is -0.341 e. The van der Waals surface area contributed by atoms with Gasteiger partial charge in [0.05, 0.1) is 5.69 Å². The van der Waals surface area contributed by atoms with E-state index in [1.54, 1.807) is 24.9 Å². The Morgan fingerprint density at radius 1 is 1.27 bits per heavy atom. The van der Waals surface area contributed by atoms with Crippen LogP contribution in [0.25, 0.3) is 10.9 Å². The van der Waals surface area contributed by atoms with E-state index in [9.17, 15) is 9.59 Å². The van der Waals surface area contributed by atoms with Gasteiger partial charge in [0.25, 0.3) is 5.56 Å². The van der Waals surface area contributed by atoms with E-state index in [0.717, 1.165) is 37.0 Å². The van der Waals surface area contributed by atoms with Crippen molar-refractivity contribution in [3.63, 3.8) is 0 Å². The summed E-state index contributed by atoms with van der Waals surface area (Å²) in [5.74, 6) is 0.0278. The van der Waals surface area contributed by atoms with Gasteiger partial charge >= 0.3 is 0 Å². The van der Waals surface area contributed by atoms with Crippen molar-refractivity contribution in [3.05, 3.63) is 28.3 Å². The van der Waals surface area contributed by atoms with Crippen molar-refractivity contribution in [2.45, 2.75) is 39.2 Å². The molecule has 0 saturated carbocycles. The number of likely N-dealkylation sites (tertiary alicyclic amines) is 1. The number of hydrogen-bond donors (Lipinski definition) is 0. The predicted octanol–water partition coefficient (Wildman–Crippen LogP) is 1.62. The Morgan fingerprint density at radius 2 is 1.95 bits per heavy atom. The van der Waals surface area contributed by atoms with Gasteiger partial charge in [-0.1, -0.05) is 0 Å². The Hall–Kier alpha value is -2.11. The molecule has 1 atom stereocenters. The SMILES string of the molecule is Cc1nn(C)c2c(=O)n(C(C)C(=O)N3CCCCC3)ccc12. The first-order valence-corrected chi connectivity index (χ1v) is 7.84. The molecule has 1 aliphatic heterocycles. The molecule has 3 rings (SSSR count). The number of aromatic nitrogens is 3. The van der Waals surface area contributed by atoms with Gasteiger partial charge in [0.15, 0.2) is 0 Å². The smallest absolute Gasteiger partial charge is 0.277 e. The number of carbonyl (C=O) groups is 1. The third kappa shape index (κ3) is 2.32. The van der Waals surface area contributed by atoms with Gasteiger partial charge in [-0.25, -0.2) is 0 Å². The molecule has 0 radical (unpaired) electrons. The van der Waals surface area contributed by atoms with Crippen LogP contribution in [-0.2, 0) is 11.8 Å². The molecule has 0 bridgehead atoms. The van der Waals surface area contributed by atoms with Gasteiger partial charge < -0.3 is 9.47 Å². The first kappa shape index (κ1) is 14.8. The number of piperidine rings is 1. The van der Waals surface area contributed by atoms with Crippen molar-refractivity contribution >= 4 is 16.8 Å². The fourth-order valence-corrected chi connectivity index (χ4v) is 3.27. The van der Waals surface area contributed by atoms with Crippen LogP contribution >= 0.6 is 0 Å². The van der Waals surface area contributed by atoms with Crippen molar-refractivity contribution in [1.29, 1.82) is 0 Å². The number of fused-ring (bicyclic) bond motifs is 1. The molecule has 2 aromatic heterocycles. The first-order valence-electron chi connectivity index (χ1n) is 7.84. The van der Waals surface area contributed by atoms with Crippen LogP contribution in [0.4, 0.5) is 0 Å². The Balaban J connectivity index is 1.99. The Labute approximate surface area is 129 Å². The van der Waals surface area contributed by atoms with Gasteiger partial charge in [-0.05, 0) is 39.2 Å². The summed E-state index contributed by atoms with van der Waals surface area (Å²) in [5.41, 5.74) is 1.23. The number of hydrogen-bond acceptors (Lipinski definition) is 3. The molecular formula is C16H22N4O2. The van der Waals surface area contributed by atoms with Crippen LogP contribution in [0.2, 0.25) is 0 Å². The molecule has 0 N–H and O–H groups in total. The third-order valence-electron chi connectivity index (χ3n) is 4.55. The minimum absolute atomic E-state index is 0.0278. The third-order valence-corrected chi connectivity index (χ3v) is 4.55. The zero-order chi connectivity index (χ0) is 15.9. The molecule has 2 aromatic rings. The van der Waals surface area contributed by atoms with Crippen molar-refractivity contribution in [2.24, 2.45) is 7.05 Å². The predicted molar refractivity (Wildman–Crippen MR) is 84.9 cm³/mol. The number of amides is 1. The molecule has 0 spiro atoms. The molecule has 3 heterocycles. The monoisotopic (exact) mass is 302 g/mol. The zero-order valence-corrected chi connectivity index (χ0v) is 13.4. The van der Waals surface area contributed by atoms with Crippen molar-refractivity contribution < 1.29 is 4.79 Å². The van der Waals surface area contributed by atoms with E-state index in [1.165, 1.54) is 11.0 Å². The summed E-state index contributed by atoms with van der Waals surface area (Å²) in [7, 11) is 1.76. The minimum atomic E-state index is -0.481. The van der Waals surface area contributed by atoms with E-state index >= 15 is 0 Å². The van der Waals surface area contributed by atoms with Crippen LogP contribution in [0.3, 0.4) is 0 Å². The maximum Gasteiger partial charge on any atom is 0.277 e. The highest BCUT2D eigenvalue weighted by Crippen LogP contribution is 2.17. The quantitative estimate of drug-likeness (QED) is 0.847. The lowest BCUT2D eigenvalue weighted by molar-refractivity contribution is -0.135. The summed E-state index contributed by atoms with van der Waals surface area (Å²) in [6, 6.07) is 1.39. The van der Waals surface area contributed by atoms with Gasteiger partial charge in [0.2, 0.25) is 5.91 Å². The fraction of sp³-hybridized carbons (Fsp3) is 0.562. The second-order valence-electron chi connectivity index (χ2n) is 6.06. The Morgan fingerprint density at radius 3 is 2.64 bits per heavy atom. The second-order valence-corrected chi connectivity index (χ2v) is 6.06. The second kappa shape index (κ2) is 5.59. The average molecular weight is 302 g/mol. The summed E-state index contributed by atoms with van der Waals surface area (Å²) in [4.78, 5) is 27.2. The van der Waals surface area contributed by atoms with E-state index in [0.29, 0.717) is 5.52 Å². The summed E-state index contributed by atoms with van der Waals surface area (Å²) in [6.45, 7) is 5.28. The molecule has 0 aromatic carbocycles. The van der Waals surface area contributed by atoms with Crippen molar-refractivity contribution in [3.8, 4) is 0 Å². The molecule has 1 amide bonds. The van der Waals surface area contributed by atoms with Gasteiger partial charge in [0, 0.05) is 31.7 Å². The van der Waals surface area contributed by atoms with Crippen molar-refractivity contribution in [2.75, 3.05) is 13.1 Å². The molecular weight excluding hydrogens is 280 g/mol. The fourth-order valence-electron chi connectivity index (χ4n) is 3.27. The molecule has 1 fully saturated rings. The van der Waals surface area contributed by atoms with Crippen LogP contribution < -0.4 is 5.56 Å². The molecule has 0 aliphatic carbocycles. The number of rotatable bonds is 2. The maximum atomic E-state index is 12.7. The highest BCUT2D eigenvalue weighted by atomic mass is 16.2. The molecule has 6 heteroatoms. The van der Waals surface area contributed by atoms with Gasteiger partial charge in [-0.15, -0.1) is 0 Å². The highest BCUT2D eigenvalue weighted by molar-refractivity contribution is 5.83. The van der Waals surface area contributed by atoms with Crippen LogP contribution in [0, 0.1) is 6.92 Å². The normalized spacial score (nSPS) is 17.0. The maximum absolute atomic E-state index is 12.7. The molecule has 1 aliphatic rings. The van der Waals surface area contributed by atoms with Crippen molar-refractivity contribution in [1.82, 2.24) is 19.2 Å². The number of nitrogens with zero attached hydrogens (tertiary/aromatic N) is 4. The summed E-state index contributed by atoms with van der Waals surface area (Å²) < 4.78 is 3.13. The summed E-state index contributed by atoms with van der Waals surface area (Å²) in [6.07, 6.45) is 4.99. The number of pyridine rings is 1. The van der Waals surface area contributed by atoms with Gasteiger partial charge in [-0.2, -0.15) is 5.10 Å². The van der Waals surface area contributed by atoms with Gasteiger partial charge in [-0.3, -0.25) is 14.3 Å². The highest BCUT2D eigenvalue weighted by Gasteiger charge is 2.25. The van der Waals surface area contributed by atoms with E-state index < -0.39 is 6.04 Å². The largest absolute Gasteiger partial charge is 0.341 e. The van der Waals surface area contributed by atoms with Crippen LogP contribution in [-0.4, -0.2) is 38.2 Å². The van der Waals surface area contributed by atoms with E-state index in [4.69, 9.17) is 0 Å². The molecule has 6 nitrogen and oxygen atoms in total. The molecule has 118 valence electrons. The lowest BCUT2D eigenvalue weighted by atomic mass is 10.1. The van der Waals surface area contributed by atoms with Gasteiger partial charge in [0.1, 0.15) is 11.6 Å². The van der Waals surface area contributed by atoms with Crippen LogP contribution in [0.5, 0.6) is 0 Å². The Kier molecular flexibility index (Phi) is 3.76. The summed E-state index contributed by atoms with van der Waals surface area (Å²) in [5, 5.41) is 5.14. The lowest BCUT2D eigenvalue weighted by Gasteiger charge is -2.29. The summed E-state index contributed by atoms with van der Waals surface area (Å²) >= 11 is 0. The Bertz CT molecular complexity index is 768. The standard InChI is InChI=1S/C16H22N4O2/c1-11-13-7-10-20(16(22)14(13)18(3)17-11)12(2)15(21)19-8-5-4-6-9-19/h7,10,12H,4-6,8-9H2,1-3H3. The molecule has 1 saturated heterocycles. The van der Waals surface area contributed by atoms with E-state index in [1.807, 2.05) is 17.9 Å². The molecule has 1 unspecified atom stereocenters.